The highest BCUT2D eigenvalue weighted by Crippen LogP contribution is 2.69. The first-order chi connectivity index (χ1) is 24.6. The number of esters is 5. The van der Waals surface area contributed by atoms with Crippen LogP contribution in [0.4, 0.5) is 0 Å². The smallest absolute Gasteiger partial charge is 0.339 e. The van der Waals surface area contributed by atoms with E-state index < -0.39 is 88.6 Å². The fraction of sp³-hybridized carbons (Fsp3) is 0.513. The molecule has 1 saturated heterocycles. The number of nitrogens with zero attached hydrogens (tertiary/aromatic N) is 1. The summed E-state index contributed by atoms with van der Waals surface area (Å²) in [5, 5.41) is 0. The van der Waals surface area contributed by atoms with Crippen molar-refractivity contribution in [3.8, 4) is 0 Å². The van der Waals surface area contributed by atoms with Gasteiger partial charge < -0.3 is 28.4 Å². The minimum atomic E-state index is -1.46. The van der Waals surface area contributed by atoms with Crippen LogP contribution in [0.2, 0.25) is 0 Å². The molecule has 2 heterocycles. The summed E-state index contributed by atoms with van der Waals surface area (Å²) in [4.78, 5) is 83.8. The van der Waals surface area contributed by atoms with Crippen molar-refractivity contribution in [1.82, 2.24) is 4.98 Å². The second kappa shape index (κ2) is 13.6. The second-order valence-corrected chi connectivity index (χ2v) is 14.7. The molecule has 3 aliphatic carbocycles. The van der Waals surface area contributed by atoms with Crippen LogP contribution in [0.25, 0.3) is 0 Å². The molecule has 6 rings (SSSR count). The Balaban J connectivity index is 1.52. The zero-order chi connectivity index (χ0) is 37.7. The van der Waals surface area contributed by atoms with E-state index in [4.69, 9.17) is 28.4 Å². The first-order valence-corrected chi connectivity index (χ1v) is 17.3. The highest BCUT2D eigenvalue weighted by molar-refractivity contribution is 5.96. The Kier molecular flexibility index (Phi) is 9.62. The fourth-order valence-electron chi connectivity index (χ4n) is 8.77. The summed E-state index contributed by atoms with van der Waals surface area (Å²) in [7, 11) is 0. The van der Waals surface area contributed by atoms with Gasteiger partial charge in [0.2, 0.25) is 0 Å². The number of ketones is 1. The van der Waals surface area contributed by atoms with Gasteiger partial charge in [0.25, 0.3) is 0 Å². The Hall–Kier alpha value is -4.91. The summed E-state index contributed by atoms with van der Waals surface area (Å²) >= 11 is 0. The molecule has 1 aliphatic heterocycles. The molecule has 276 valence electrons. The Morgan fingerprint density at radius 3 is 2.08 bits per heavy atom. The first-order valence-electron chi connectivity index (χ1n) is 17.3. The van der Waals surface area contributed by atoms with Gasteiger partial charge in [0.05, 0.1) is 23.7 Å². The van der Waals surface area contributed by atoms with Gasteiger partial charge in [0, 0.05) is 50.4 Å². The number of fused-ring (bicyclic) bond motifs is 1. The predicted octanol–water partition coefficient (Wildman–Crippen LogP) is 4.22. The molecule has 0 radical (unpaired) electrons. The maximum atomic E-state index is 14.8. The third-order valence-electron chi connectivity index (χ3n) is 11.0. The van der Waals surface area contributed by atoms with Crippen molar-refractivity contribution in [2.75, 3.05) is 6.61 Å². The lowest BCUT2D eigenvalue weighted by atomic mass is 9.80. The standard InChI is InChI=1S/C39H43NO12/c1-20-16-39-34(50-25(6)43)21(2)17-38(39,52-39)33(44)22(3)31(49-24(5)42)28-29(37(28,7)19-47-35(45)27-14-11-15-40-18-27)32(30(20)48-23(4)41)51-36(46)26-12-9-8-10-13-26/h8-16,18,21-22,28-32,34H,17,19H2,1-7H3/b20-16+/t21?,22?,28?,29?,30?,31-,32+,34-,37+,38-,39-/m0/s1. The summed E-state index contributed by atoms with van der Waals surface area (Å²) in [6, 6.07) is 11.4. The number of aromatic nitrogens is 1. The molecular formula is C39H43NO12. The molecular weight excluding hydrogens is 674 g/mol. The van der Waals surface area contributed by atoms with Crippen LogP contribution in [0.1, 0.15) is 75.6 Å². The Bertz CT molecular complexity index is 1810. The quantitative estimate of drug-likeness (QED) is 0.164. The van der Waals surface area contributed by atoms with Crippen molar-refractivity contribution in [3.05, 3.63) is 77.6 Å². The molecule has 0 bridgehead atoms. The minimum Gasteiger partial charge on any atom is -0.461 e. The number of epoxide rings is 1. The van der Waals surface area contributed by atoms with Crippen LogP contribution >= 0.6 is 0 Å². The number of benzene rings is 1. The van der Waals surface area contributed by atoms with Crippen LogP contribution in [0.5, 0.6) is 0 Å². The van der Waals surface area contributed by atoms with Gasteiger partial charge >= 0.3 is 29.8 Å². The van der Waals surface area contributed by atoms with Crippen LogP contribution < -0.4 is 0 Å². The summed E-state index contributed by atoms with van der Waals surface area (Å²) in [6.07, 6.45) is 0.242. The van der Waals surface area contributed by atoms with Crippen LogP contribution in [-0.2, 0) is 47.6 Å². The van der Waals surface area contributed by atoms with E-state index in [-0.39, 0.29) is 35.9 Å². The molecule has 0 amide bonds. The van der Waals surface area contributed by atoms with Crippen LogP contribution in [0.15, 0.2) is 66.5 Å². The lowest BCUT2D eigenvalue weighted by Crippen LogP contribution is -2.43. The summed E-state index contributed by atoms with van der Waals surface area (Å²) in [5.41, 5.74) is -3.16. The monoisotopic (exact) mass is 717 g/mol. The predicted molar refractivity (Wildman–Crippen MR) is 180 cm³/mol. The van der Waals surface area contributed by atoms with Crippen molar-refractivity contribution in [3.63, 3.8) is 0 Å². The number of ether oxygens (including phenoxy) is 6. The van der Waals surface area contributed by atoms with E-state index in [1.54, 1.807) is 69.3 Å². The normalized spacial score (nSPS) is 36.9. The number of carbonyl (C=O) groups excluding carboxylic acids is 6. The third kappa shape index (κ3) is 6.29. The number of rotatable bonds is 8. The molecule has 5 unspecified atom stereocenters. The summed E-state index contributed by atoms with van der Waals surface area (Å²) in [6.45, 7) is 10.4. The van der Waals surface area contributed by atoms with Gasteiger partial charge in [-0.2, -0.15) is 0 Å². The lowest BCUT2D eigenvalue weighted by molar-refractivity contribution is -0.155. The highest BCUT2D eigenvalue weighted by atomic mass is 16.7. The maximum Gasteiger partial charge on any atom is 0.339 e. The number of hydrogen-bond acceptors (Lipinski definition) is 13. The van der Waals surface area contributed by atoms with Crippen molar-refractivity contribution >= 4 is 35.6 Å². The van der Waals surface area contributed by atoms with E-state index in [1.807, 2.05) is 6.92 Å². The first kappa shape index (κ1) is 36.9. The maximum absolute atomic E-state index is 14.8. The molecule has 1 aromatic heterocycles. The fourth-order valence-corrected chi connectivity index (χ4v) is 8.77. The Labute approximate surface area is 301 Å². The van der Waals surface area contributed by atoms with Crippen LogP contribution in [0.3, 0.4) is 0 Å². The Morgan fingerprint density at radius 1 is 0.827 bits per heavy atom. The summed E-state index contributed by atoms with van der Waals surface area (Å²) in [5.74, 6) is -6.50. The van der Waals surface area contributed by atoms with Gasteiger partial charge in [-0.05, 0) is 55.2 Å². The van der Waals surface area contributed by atoms with Crippen molar-refractivity contribution in [1.29, 1.82) is 0 Å². The molecule has 2 aromatic rings. The number of carbonyl (C=O) groups is 6. The van der Waals surface area contributed by atoms with Gasteiger partial charge in [-0.3, -0.25) is 24.2 Å². The largest absolute Gasteiger partial charge is 0.461 e. The number of hydrogen-bond donors (Lipinski definition) is 0. The topological polar surface area (TPSA) is 174 Å². The van der Waals surface area contributed by atoms with Crippen molar-refractivity contribution < 1.29 is 57.2 Å². The molecule has 0 N–H and O–H groups in total. The molecule has 3 fully saturated rings. The molecule has 11 atom stereocenters. The second-order valence-electron chi connectivity index (χ2n) is 14.7. The third-order valence-corrected chi connectivity index (χ3v) is 11.0. The van der Waals surface area contributed by atoms with E-state index in [9.17, 15) is 28.8 Å². The average molecular weight is 718 g/mol. The van der Waals surface area contributed by atoms with E-state index in [2.05, 4.69) is 4.98 Å². The van der Waals surface area contributed by atoms with Crippen LogP contribution in [0, 0.1) is 29.1 Å². The van der Waals surface area contributed by atoms with E-state index in [0.29, 0.717) is 5.57 Å². The SMILES string of the molecule is CC(=O)OC1/C(C)=C/[C@@]23O[C@@]2(CC(C)[C@@H]3OC(C)=O)C(=O)C(C)[C@H](OC(C)=O)C2C([C@H]1OC(=O)c1ccccc1)[C@]2(C)COC(=O)c1cccnc1. The van der Waals surface area contributed by atoms with Crippen LogP contribution in [-0.4, -0.2) is 82.8 Å². The highest BCUT2D eigenvalue weighted by Gasteiger charge is 2.84. The Morgan fingerprint density at radius 2 is 1.46 bits per heavy atom. The molecule has 1 aromatic carbocycles. The molecule has 13 nitrogen and oxygen atoms in total. The van der Waals surface area contributed by atoms with Gasteiger partial charge in [-0.1, -0.05) is 39.0 Å². The van der Waals surface area contributed by atoms with Gasteiger partial charge in [-0.15, -0.1) is 0 Å². The molecule has 2 saturated carbocycles. The number of Topliss-reactive ketones (excluding diaryl/α,β-unsaturated/α-hetero) is 1. The molecule has 4 aliphatic rings. The molecule has 0 spiro atoms. The van der Waals surface area contributed by atoms with Gasteiger partial charge in [0.1, 0.15) is 18.3 Å². The lowest BCUT2D eigenvalue weighted by Gasteiger charge is -2.30. The number of pyridine rings is 1. The average Bonchev–Trinajstić information content (AvgIpc) is 3.92. The summed E-state index contributed by atoms with van der Waals surface area (Å²) < 4.78 is 36.3. The molecule has 52 heavy (non-hydrogen) atoms. The zero-order valence-electron chi connectivity index (χ0n) is 30.2. The van der Waals surface area contributed by atoms with Crippen molar-refractivity contribution in [2.24, 2.45) is 29.1 Å². The zero-order valence-corrected chi connectivity index (χ0v) is 30.2. The van der Waals surface area contributed by atoms with E-state index in [0.717, 1.165) is 0 Å². The minimum absolute atomic E-state index is 0.198. The van der Waals surface area contributed by atoms with E-state index in [1.165, 1.54) is 33.2 Å². The van der Waals surface area contributed by atoms with E-state index >= 15 is 0 Å². The van der Waals surface area contributed by atoms with Gasteiger partial charge in [0.15, 0.2) is 23.1 Å². The molecule has 13 heteroatoms. The van der Waals surface area contributed by atoms with Gasteiger partial charge in [-0.25, -0.2) is 9.59 Å². The van der Waals surface area contributed by atoms with Crippen molar-refractivity contribution in [2.45, 2.75) is 90.5 Å².